The van der Waals surface area contributed by atoms with Crippen molar-refractivity contribution in [1.29, 1.82) is 0 Å². The zero-order chi connectivity index (χ0) is 18.7. The summed E-state index contributed by atoms with van der Waals surface area (Å²) >= 11 is 0. The van der Waals surface area contributed by atoms with E-state index in [9.17, 15) is 9.59 Å². The molecule has 144 valence electrons. The number of carbonyl (C=O) groups excluding carboxylic acids is 2. The Labute approximate surface area is 164 Å². The summed E-state index contributed by atoms with van der Waals surface area (Å²) in [4.78, 5) is 24.9. The molecule has 0 spiro atoms. The molecule has 4 N–H and O–H groups in total. The molecule has 1 aliphatic rings. The van der Waals surface area contributed by atoms with E-state index in [2.05, 4.69) is 16.7 Å². The molecule has 0 saturated carbocycles. The average molecular weight is 390 g/mol. The third-order valence-electron chi connectivity index (χ3n) is 4.50. The van der Waals surface area contributed by atoms with E-state index in [-0.39, 0.29) is 24.2 Å². The van der Waals surface area contributed by atoms with Crippen LogP contribution in [0.25, 0.3) is 0 Å². The number of hydrogen-bond donors (Lipinski definition) is 3. The van der Waals surface area contributed by atoms with Crippen LogP contribution in [0, 0.1) is 13.8 Å². The van der Waals surface area contributed by atoms with E-state index in [0.29, 0.717) is 30.8 Å². The van der Waals surface area contributed by atoms with Gasteiger partial charge < -0.3 is 21.1 Å². The van der Waals surface area contributed by atoms with Crippen LogP contribution in [-0.4, -0.2) is 31.0 Å². The summed E-state index contributed by atoms with van der Waals surface area (Å²) in [5.74, 6) is 0.214. The summed E-state index contributed by atoms with van der Waals surface area (Å²) in [5, 5.41) is 5.53. The van der Waals surface area contributed by atoms with Crippen LogP contribution in [0.2, 0.25) is 0 Å². The van der Waals surface area contributed by atoms with Crippen molar-refractivity contribution in [3.63, 3.8) is 0 Å². The molecule has 0 radical (unpaired) electrons. The lowest BCUT2D eigenvalue weighted by molar-refractivity contribution is -0.122. The molecule has 1 unspecified atom stereocenters. The van der Waals surface area contributed by atoms with E-state index in [1.807, 2.05) is 19.9 Å². The lowest BCUT2D eigenvalue weighted by Gasteiger charge is -2.14. The number of benzene rings is 2. The van der Waals surface area contributed by atoms with Gasteiger partial charge in [-0.05, 0) is 48.7 Å². The Balaban J connectivity index is 0.00000261. The maximum atomic E-state index is 12.7. The number of nitrogens with one attached hydrogen (secondary N) is 2. The van der Waals surface area contributed by atoms with Gasteiger partial charge in [0.2, 0.25) is 0 Å². The number of rotatable bonds is 5. The molecule has 0 aromatic heterocycles. The number of amides is 2. The quantitative estimate of drug-likeness (QED) is 0.731. The molecule has 1 atom stereocenters. The highest BCUT2D eigenvalue weighted by Gasteiger charge is 2.30. The molecule has 1 heterocycles. The summed E-state index contributed by atoms with van der Waals surface area (Å²) < 4.78 is 5.81. The van der Waals surface area contributed by atoms with Crippen LogP contribution in [0.3, 0.4) is 0 Å². The Bertz CT molecular complexity index is 823. The Kier molecular flexibility index (Phi) is 6.82. The number of para-hydroxylation sites is 1. The van der Waals surface area contributed by atoms with Crippen LogP contribution in [0.1, 0.15) is 27.0 Å². The molecule has 2 aromatic carbocycles. The molecule has 2 aromatic rings. The largest absolute Gasteiger partial charge is 0.480 e. The van der Waals surface area contributed by atoms with Gasteiger partial charge in [0.05, 0.1) is 11.3 Å². The van der Waals surface area contributed by atoms with Crippen molar-refractivity contribution in [2.45, 2.75) is 26.4 Å². The van der Waals surface area contributed by atoms with Gasteiger partial charge in [0.15, 0.2) is 6.10 Å². The monoisotopic (exact) mass is 389 g/mol. The Hall–Kier alpha value is -2.57. The molecular formula is C20H24ClN3O3. The molecule has 0 saturated heterocycles. The Morgan fingerprint density at radius 2 is 1.89 bits per heavy atom. The summed E-state index contributed by atoms with van der Waals surface area (Å²) in [6.45, 7) is 4.79. The van der Waals surface area contributed by atoms with E-state index < -0.39 is 6.10 Å². The number of anilines is 1. The predicted molar refractivity (Wildman–Crippen MR) is 108 cm³/mol. The summed E-state index contributed by atoms with van der Waals surface area (Å²) in [6, 6.07) is 10.9. The van der Waals surface area contributed by atoms with Crippen LogP contribution in [0.5, 0.6) is 5.75 Å². The van der Waals surface area contributed by atoms with Gasteiger partial charge in [-0.2, -0.15) is 0 Å². The standard InChI is InChI=1S/C20H23N3O3.ClH/c1-12-9-14-11-18(26-17(14)10-13(12)2)20(25)23-16-6-4-3-5-15(16)19(24)22-8-7-21;/h3-6,9-10,18H,7-8,11,21H2,1-2H3,(H,22,24)(H,23,25);1H. The molecule has 6 nitrogen and oxygen atoms in total. The second kappa shape index (κ2) is 8.88. The third kappa shape index (κ3) is 4.59. The van der Waals surface area contributed by atoms with Crippen molar-refractivity contribution < 1.29 is 14.3 Å². The number of halogens is 1. The van der Waals surface area contributed by atoms with Crippen LogP contribution < -0.4 is 21.1 Å². The van der Waals surface area contributed by atoms with Gasteiger partial charge >= 0.3 is 0 Å². The lowest BCUT2D eigenvalue weighted by Crippen LogP contribution is -2.33. The first kappa shape index (κ1) is 20.7. The van der Waals surface area contributed by atoms with Crippen molar-refractivity contribution in [2.75, 3.05) is 18.4 Å². The Morgan fingerprint density at radius 3 is 2.63 bits per heavy atom. The molecular weight excluding hydrogens is 366 g/mol. The van der Waals surface area contributed by atoms with Crippen molar-refractivity contribution in [2.24, 2.45) is 5.73 Å². The fourth-order valence-electron chi connectivity index (χ4n) is 2.94. The van der Waals surface area contributed by atoms with E-state index >= 15 is 0 Å². The second-order valence-electron chi connectivity index (χ2n) is 6.43. The smallest absolute Gasteiger partial charge is 0.265 e. The zero-order valence-electron chi connectivity index (χ0n) is 15.4. The highest BCUT2D eigenvalue weighted by atomic mass is 35.5. The van der Waals surface area contributed by atoms with Gasteiger partial charge in [0.1, 0.15) is 5.75 Å². The van der Waals surface area contributed by atoms with Gasteiger partial charge in [-0.15, -0.1) is 12.4 Å². The first-order valence-corrected chi connectivity index (χ1v) is 8.64. The predicted octanol–water partition coefficient (Wildman–Crippen LogP) is 2.36. The minimum Gasteiger partial charge on any atom is -0.480 e. The molecule has 27 heavy (non-hydrogen) atoms. The fraction of sp³-hybridized carbons (Fsp3) is 0.300. The average Bonchev–Trinajstić information content (AvgIpc) is 3.03. The number of fused-ring (bicyclic) bond motifs is 1. The minimum absolute atomic E-state index is 0. The van der Waals surface area contributed by atoms with Crippen molar-refractivity contribution in [1.82, 2.24) is 5.32 Å². The molecule has 0 aliphatic carbocycles. The molecule has 2 amide bonds. The van der Waals surface area contributed by atoms with E-state index in [4.69, 9.17) is 10.5 Å². The van der Waals surface area contributed by atoms with Gasteiger partial charge in [-0.25, -0.2) is 0 Å². The van der Waals surface area contributed by atoms with E-state index in [1.54, 1.807) is 24.3 Å². The van der Waals surface area contributed by atoms with Gasteiger partial charge in [0, 0.05) is 19.5 Å². The Morgan fingerprint density at radius 1 is 1.19 bits per heavy atom. The fourth-order valence-corrected chi connectivity index (χ4v) is 2.94. The molecule has 0 fully saturated rings. The van der Waals surface area contributed by atoms with Crippen LogP contribution in [0.4, 0.5) is 5.69 Å². The van der Waals surface area contributed by atoms with Crippen LogP contribution >= 0.6 is 12.4 Å². The number of hydrogen-bond acceptors (Lipinski definition) is 4. The number of nitrogens with two attached hydrogens (primary N) is 1. The normalized spacial score (nSPS) is 14.6. The number of aryl methyl sites for hydroxylation is 2. The summed E-state index contributed by atoms with van der Waals surface area (Å²) in [5.41, 5.74) is 9.61. The minimum atomic E-state index is -0.605. The number of carbonyl (C=O) groups is 2. The van der Waals surface area contributed by atoms with Gasteiger partial charge in [-0.3, -0.25) is 9.59 Å². The first-order chi connectivity index (χ1) is 12.5. The molecule has 3 rings (SSSR count). The topological polar surface area (TPSA) is 93.4 Å². The summed E-state index contributed by atoms with van der Waals surface area (Å²) in [7, 11) is 0. The van der Waals surface area contributed by atoms with E-state index in [0.717, 1.165) is 16.9 Å². The van der Waals surface area contributed by atoms with Gasteiger partial charge in [0.25, 0.3) is 11.8 Å². The number of ether oxygens (including phenoxy) is 1. The second-order valence-corrected chi connectivity index (χ2v) is 6.43. The van der Waals surface area contributed by atoms with Crippen LogP contribution in [-0.2, 0) is 11.2 Å². The highest BCUT2D eigenvalue weighted by Crippen LogP contribution is 2.32. The maximum Gasteiger partial charge on any atom is 0.265 e. The summed E-state index contributed by atoms with van der Waals surface area (Å²) in [6.07, 6.45) is -0.0875. The van der Waals surface area contributed by atoms with Crippen molar-refractivity contribution in [3.05, 3.63) is 58.7 Å². The lowest BCUT2D eigenvalue weighted by atomic mass is 10.0. The van der Waals surface area contributed by atoms with Crippen molar-refractivity contribution in [3.8, 4) is 5.75 Å². The van der Waals surface area contributed by atoms with Crippen LogP contribution in [0.15, 0.2) is 36.4 Å². The zero-order valence-corrected chi connectivity index (χ0v) is 16.2. The SMILES string of the molecule is Cc1cc2c(cc1C)OC(C(=O)Nc1ccccc1C(=O)NCCN)C2.Cl. The van der Waals surface area contributed by atoms with Gasteiger partial charge in [-0.1, -0.05) is 18.2 Å². The van der Waals surface area contributed by atoms with E-state index in [1.165, 1.54) is 5.56 Å². The third-order valence-corrected chi connectivity index (χ3v) is 4.50. The molecule has 7 heteroatoms. The maximum absolute atomic E-state index is 12.7. The molecule has 1 aliphatic heterocycles. The molecule has 0 bridgehead atoms. The highest BCUT2D eigenvalue weighted by molar-refractivity contribution is 6.04. The first-order valence-electron chi connectivity index (χ1n) is 8.64. The van der Waals surface area contributed by atoms with Crippen molar-refractivity contribution >= 4 is 29.9 Å².